The molecule has 2 aromatic carbocycles. The lowest BCUT2D eigenvalue weighted by Crippen LogP contribution is -2.55. The minimum atomic E-state index is -0.239. The molecule has 2 atom stereocenters. The summed E-state index contributed by atoms with van der Waals surface area (Å²) in [5.74, 6) is 0.449. The van der Waals surface area contributed by atoms with Crippen molar-refractivity contribution in [1.82, 2.24) is 20.9 Å². The van der Waals surface area contributed by atoms with Crippen LogP contribution in [0.2, 0.25) is 5.02 Å². The van der Waals surface area contributed by atoms with Crippen LogP contribution in [0.5, 0.6) is 5.75 Å². The van der Waals surface area contributed by atoms with Crippen molar-refractivity contribution < 1.29 is 14.3 Å². The van der Waals surface area contributed by atoms with Gasteiger partial charge in [0.25, 0.3) is 5.91 Å². The maximum Gasteiger partial charge on any atom is 0.315 e. The Morgan fingerprint density at radius 1 is 1.00 bits per heavy atom. The zero-order chi connectivity index (χ0) is 23.8. The molecule has 0 saturated heterocycles. The number of halogens is 1. The Bertz CT molecular complexity index is 1090. The van der Waals surface area contributed by atoms with E-state index >= 15 is 0 Å². The molecular formula is C25H27ClN4O3S. The molecule has 1 heterocycles. The average molecular weight is 499 g/mol. The third kappa shape index (κ3) is 6.95. The molecular weight excluding hydrogens is 472 g/mol. The summed E-state index contributed by atoms with van der Waals surface area (Å²) in [5.41, 5.74) is 1.39. The largest absolute Gasteiger partial charge is 0.486 e. The quantitative estimate of drug-likeness (QED) is 0.411. The zero-order valence-corrected chi connectivity index (χ0v) is 20.2. The van der Waals surface area contributed by atoms with E-state index in [0.29, 0.717) is 28.0 Å². The highest BCUT2D eigenvalue weighted by molar-refractivity contribution is 7.09. The molecule has 1 aliphatic carbocycles. The van der Waals surface area contributed by atoms with Crippen LogP contribution in [0, 0.1) is 0 Å². The molecule has 3 N–H and O–H groups in total. The number of thiazole rings is 1. The Balaban J connectivity index is 1.27. The summed E-state index contributed by atoms with van der Waals surface area (Å²) in [6, 6.07) is 16.3. The third-order valence-electron chi connectivity index (χ3n) is 5.66. The number of urea groups is 1. The number of ether oxygens (including phenoxy) is 1. The minimum absolute atomic E-state index is 0.125. The molecule has 0 bridgehead atoms. The molecule has 1 fully saturated rings. The summed E-state index contributed by atoms with van der Waals surface area (Å²) >= 11 is 7.26. The van der Waals surface area contributed by atoms with Crippen molar-refractivity contribution in [2.45, 2.75) is 50.9 Å². The van der Waals surface area contributed by atoms with Gasteiger partial charge in [-0.05, 0) is 42.7 Å². The van der Waals surface area contributed by atoms with Gasteiger partial charge in [-0.3, -0.25) is 4.79 Å². The van der Waals surface area contributed by atoms with Gasteiger partial charge < -0.3 is 20.7 Å². The predicted octanol–water partition coefficient (Wildman–Crippen LogP) is 4.92. The van der Waals surface area contributed by atoms with E-state index in [0.717, 1.165) is 31.2 Å². The Morgan fingerprint density at radius 2 is 1.71 bits per heavy atom. The zero-order valence-electron chi connectivity index (χ0n) is 18.6. The summed E-state index contributed by atoms with van der Waals surface area (Å²) in [5, 5.41) is 12.1. The number of benzene rings is 2. The van der Waals surface area contributed by atoms with Gasteiger partial charge in [0.15, 0.2) is 0 Å². The molecule has 0 spiro atoms. The monoisotopic (exact) mass is 498 g/mol. The molecule has 0 radical (unpaired) electrons. The summed E-state index contributed by atoms with van der Waals surface area (Å²) in [6.07, 6.45) is 3.65. The molecule has 4 rings (SSSR count). The highest BCUT2D eigenvalue weighted by Gasteiger charge is 2.28. The number of hydrogen-bond acceptors (Lipinski definition) is 5. The smallest absolute Gasteiger partial charge is 0.315 e. The molecule has 2 unspecified atom stereocenters. The SMILES string of the molecule is O=C(NCc1ccccc1)NC1CCCCC1NC(=O)c1csc(COc2ccc(Cl)cc2)n1. The van der Waals surface area contributed by atoms with Crippen LogP contribution in [0.1, 0.15) is 46.7 Å². The number of amides is 3. The van der Waals surface area contributed by atoms with E-state index in [4.69, 9.17) is 16.3 Å². The summed E-state index contributed by atoms with van der Waals surface area (Å²) in [6.45, 7) is 0.727. The predicted molar refractivity (Wildman–Crippen MR) is 133 cm³/mol. The first-order chi connectivity index (χ1) is 16.6. The van der Waals surface area contributed by atoms with Gasteiger partial charge in [0, 0.05) is 23.0 Å². The Labute approximate surface area is 207 Å². The Morgan fingerprint density at radius 3 is 2.44 bits per heavy atom. The maximum absolute atomic E-state index is 12.8. The van der Waals surface area contributed by atoms with Gasteiger partial charge in [-0.15, -0.1) is 11.3 Å². The number of carbonyl (C=O) groups excluding carboxylic acids is 2. The Kier molecular flexibility index (Phi) is 8.38. The van der Waals surface area contributed by atoms with E-state index in [1.807, 2.05) is 30.3 Å². The fourth-order valence-corrected chi connectivity index (χ4v) is 4.69. The van der Waals surface area contributed by atoms with Crippen molar-refractivity contribution >= 4 is 34.9 Å². The van der Waals surface area contributed by atoms with Crippen LogP contribution in [0.4, 0.5) is 4.79 Å². The van der Waals surface area contributed by atoms with E-state index in [1.165, 1.54) is 11.3 Å². The van der Waals surface area contributed by atoms with Crippen LogP contribution >= 0.6 is 22.9 Å². The van der Waals surface area contributed by atoms with Gasteiger partial charge >= 0.3 is 6.03 Å². The van der Waals surface area contributed by atoms with Gasteiger partial charge in [-0.2, -0.15) is 0 Å². The molecule has 34 heavy (non-hydrogen) atoms. The number of hydrogen-bond donors (Lipinski definition) is 3. The lowest BCUT2D eigenvalue weighted by atomic mass is 9.90. The van der Waals surface area contributed by atoms with E-state index in [2.05, 4.69) is 20.9 Å². The standard InChI is InChI=1S/C25H27ClN4O3S/c26-18-10-12-19(13-11-18)33-15-23-28-22(16-34-23)24(31)29-20-8-4-5-9-21(20)30-25(32)27-14-17-6-2-1-3-7-17/h1-3,6-7,10-13,16,20-21H,4-5,8-9,14-15H2,(H,29,31)(H2,27,30,32). The number of nitrogens with zero attached hydrogens (tertiary/aromatic N) is 1. The molecule has 0 aliphatic heterocycles. The summed E-state index contributed by atoms with van der Waals surface area (Å²) in [4.78, 5) is 29.7. The molecule has 178 valence electrons. The van der Waals surface area contributed by atoms with Crippen molar-refractivity contribution in [1.29, 1.82) is 0 Å². The molecule has 9 heteroatoms. The van der Waals surface area contributed by atoms with Gasteiger partial charge in [-0.25, -0.2) is 9.78 Å². The first-order valence-corrected chi connectivity index (χ1v) is 12.5. The number of rotatable bonds is 8. The molecule has 1 aromatic heterocycles. The lowest BCUT2D eigenvalue weighted by molar-refractivity contribution is 0.0911. The molecule has 7 nitrogen and oxygen atoms in total. The van der Waals surface area contributed by atoms with E-state index in [1.54, 1.807) is 29.6 Å². The number of nitrogens with one attached hydrogen (secondary N) is 3. The average Bonchev–Trinajstić information content (AvgIpc) is 3.34. The molecule has 3 amide bonds. The number of carbonyl (C=O) groups is 2. The van der Waals surface area contributed by atoms with Crippen molar-refractivity contribution in [3.63, 3.8) is 0 Å². The van der Waals surface area contributed by atoms with E-state index < -0.39 is 0 Å². The lowest BCUT2D eigenvalue weighted by Gasteiger charge is -2.32. The van der Waals surface area contributed by atoms with Crippen LogP contribution in [0.15, 0.2) is 60.0 Å². The second-order valence-corrected chi connectivity index (χ2v) is 9.53. The minimum Gasteiger partial charge on any atom is -0.486 e. The van der Waals surface area contributed by atoms with Crippen LogP contribution in [0.3, 0.4) is 0 Å². The van der Waals surface area contributed by atoms with E-state index in [-0.39, 0.29) is 30.6 Å². The fraction of sp³-hybridized carbons (Fsp3) is 0.320. The van der Waals surface area contributed by atoms with Crippen LogP contribution in [-0.2, 0) is 13.2 Å². The summed E-state index contributed by atoms with van der Waals surface area (Å²) < 4.78 is 5.71. The Hall–Kier alpha value is -3.10. The van der Waals surface area contributed by atoms with Crippen molar-refractivity contribution in [3.8, 4) is 5.75 Å². The molecule has 3 aromatic rings. The molecule has 1 saturated carbocycles. The fourth-order valence-electron chi connectivity index (χ4n) is 3.87. The topological polar surface area (TPSA) is 92.4 Å². The van der Waals surface area contributed by atoms with Gasteiger partial charge in [0.1, 0.15) is 23.1 Å². The third-order valence-corrected chi connectivity index (χ3v) is 6.73. The van der Waals surface area contributed by atoms with Crippen LogP contribution in [0.25, 0.3) is 0 Å². The van der Waals surface area contributed by atoms with Crippen molar-refractivity contribution in [2.75, 3.05) is 0 Å². The normalized spacial score (nSPS) is 17.6. The van der Waals surface area contributed by atoms with Gasteiger partial charge in [0.05, 0.1) is 6.04 Å². The second-order valence-electron chi connectivity index (χ2n) is 8.15. The molecule has 1 aliphatic rings. The van der Waals surface area contributed by atoms with E-state index in [9.17, 15) is 9.59 Å². The second kappa shape index (κ2) is 11.9. The van der Waals surface area contributed by atoms with Crippen LogP contribution < -0.4 is 20.7 Å². The first kappa shape index (κ1) is 24.0. The number of aromatic nitrogens is 1. The maximum atomic E-state index is 12.8. The highest BCUT2D eigenvalue weighted by Crippen LogP contribution is 2.21. The highest BCUT2D eigenvalue weighted by atomic mass is 35.5. The summed E-state index contributed by atoms with van der Waals surface area (Å²) in [7, 11) is 0. The van der Waals surface area contributed by atoms with Gasteiger partial charge in [0.2, 0.25) is 0 Å². The first-order valence-electron chi connectivity index (χ1n) is 11.3. The van der Waals surface area contributed by atoms with Crippen molar-refractivity contribution in [2.24, 2.45) is 0 Å². The van der Waals surface area contributed by atoms with Crippen molar-refractivity contribution in [3.05, 3.63) is 81.3 Å². The van der Waals surface area contributed by atoms with Gasteiger partial charge in [-0.1, -0.05) is 54.8 Å². The van der Waals surface area contributed by atoms with Crippen LogP contribution in [-0.4, -0.2) is 29.0 Å².